The van der Waals surface area contributed by atoms with Crippen molar-refractivity contribution >= 4 is 28.9 Å². The van der Waals surface area contributed by atoms with Gasteiger partial charge in [0.1, 0.15) is 5.82 Å². The highest BCUT2D eigenvalue weighted by Gasteiger charge is 2.22. The van der Waals surface area contributed by atoms with Crippen LogP contribution in [-0.2, 0) is 9.59 Å². The maximum absolute atomic E-state index is 13.0. The molecule has 0 bridgehead atoms. The average Bonchev–Trinajstić information content (AvgIpc) is 2.64. The number of anilines is 3. The highest BCUT2D eigenvalue weighted by Crippen LogP contribution is 2.15. The molecule has 0 saturated carbocycles. The first-order valence-electron chi connectivity index (χ1n) is 9.01. The third kappa shape index (κ3) is 5.52. The number of benzene rings is 2. The molecule has 7 heteroatoms. The van der Waals surface area contributed by atoms with Crippen molar-refractivity contribution in [1.82, 2.24) is 0 Å². The Hall–Kier alpha value is -2.93. The van der Waals surface area contributed by atoms with Crippen LogP contribution in [0.25, 0.3) is 0 Å². The zero-order chi connectivity index (χ0) is 19.2. The van der Waals surface area contributed by atoms with Crippen molar-refractivity contribution in [1.29, 1.82) is 0 Å². The van der Waals surface area contributed by atoms with Gasteiger partial charge in [-0.25, -0.2) is 4.39 Å². The molecule has 27 heavy (non-hydrogen) atoms. The van der Waals surface area contributed by atoms with Crippen LogP contribution in [0, 0.1) is 5.82 Å². The van der Waals surface area contributed by atoms with Gasteiger partial charge in [0.05, 0.1) is 26.2 Å². The topological polar surface area (TPSA) is 65.9 Å². The molecule has 0 spiro atoms. The lowest BCUT2D eigenvalue weighted by atomic mass is 10.2. The lowest BCUT2D eigenvalue weighted by Crippen LogP contribution is -3.15. The number of amides is 2. The molecule has 0 unspecified atom stereocenters. The molecule has 3 rings (SSSR count). The Labute approximate surface area is 158 Å². The Balaban J connectivity index is 1.45. The largest absolute Gasteiger partial charge is 0.360 e. The molecule has 2 amide bonds. The molecule has 0 atom stereocenters. The number of nitrogens with zero attached hydrogens (tertiary/aromatic N) is 1. The van der Waals surface area contributed by atoms with E-state index in [1.165, 1.54) is 24.0 Å². The van der Waals surface area contributed by atoms with Crippen LogP contribution in [0.2, 0.25) is 0 Å². The van der Waals surface area contributed by atoms with Crippen LogP contribution >= 0.6 is 0 Å². The number of hydrogen-bond acceptors (Lipinski definition) is 3. The number of halogens is 1. The molecule has 0 aromatic heterocycles. The van der Waals surface area contributed by atoms with Crippen molar-refractivity contribution in [2.75, 3.05) is 48.3 Å². The Morgan fingerprint density at radius 3 is 2.07 bits per heavy atom. The summed E-state index contributed by atoms with van der Waals surface area (Å²) in [5.41, 5.74) is 2.42. The highest BCUT2D eigenvalue weighted by atomic mass is 19.1. The molecule has 3 N–H and O–H groups in total. The van der Waals surface area contributed by atoms with E-state index in [0.717, 1.165) is 31.9 Å². The van der Waals surface area contributed by atoms with E-state index in [-0.39, 0.29) is 17.6 Å². The van der Waals surface area contributed by atoms with Crippen LogP contribution in [-0.4, -0.2) is 44.5 Å². The maximum Gasteiger partial charge on any atom is 0.279 e. The standard InChI is InChI=1S/C20H23FN4O2/c1-15(26)22-17-4-6-18(7-5-17)23-20(27)14-24-10-12-25(13-11-24)19-8-2-16(21)3-9-19/h2-9H,10-14H2,1H3,(H,22,26)(H,23,27)/p+1. The Kier molecular flexibility index (Phi) is 6.03. The summed E-state index contributed by atoms with van der Waals surface area (Å²) < 4.78 is 13.0. The second kappa shape index (κ2) is 8.64. The molecule has 2 aromatic rings. The van der Waals surface area contributed by atoms with Crippen molar-refractivity contribution in [2.45, 2.75) is 6.92 Å². The van der Waals surface area contributed by atoms with E-state index < -0.39 is 0 Å². The molecule has 1 saturated heterocycles. The first kappa shape index (κ1) is 18.8. The fourth-order valence-corrected chi connectivity index (χ4v) is 3.18. The Morgan fingerprint density at radius 1 is 0.963 bits per heavy atom. The number of rotatable bonds is 5. The minimum Gasteiger partial charge on any atom is -0.360 e. The molecule has 1 aliphatic heterocycles. The second-order valence-corrected chi connectivity index (χ2v) is 6.70. The van der Waals surface area contributed by atoms with Crippen molar-refractivity contribution in [3.05, 3.63) is 54.3 Å². The van der Waals surface area contributed by atoms with E-state index >= 15 is 0 Å². The van der Waals surface area contributed by atoms with Gasteiger partial charge < -0.3 is 20.4 Å². The number of piperazine rings is 1. The van der Waals surface area contributed by atoms with Crippen molar-refractivity contribution in [3.63, 3.8) is 0 Å². The van der Waals surface area contributed by atoms with Gasteiger partial charge in [-0.3, -0.25) is 9.59 Å². The van der Waals surface area contributed by atoms with E-state index in [1.54, 1.807) is 36.4 Å². The number of carbonyl (C=O) groups is 2. The number of quaternary nitrogens is 1. The molecule has 1 fully saturated rings. The summed E-state index contributed by atoms with van der Waals surface area (Å²) in [7, 11) is 0. The number of carbonyl (C=O) groups excluding carboxylic acids is 2. The van der Waals surface area contributed by atoms with E-state index in [2.05, 4.69) is 15.5 Å². The SMILES string of the molecule is CC(=O)Nc1ccc(NC(=O)C[NH+]2CCN(c3ccc(F)cc3)CC2)cc1. The van der Waals surface area contributed by atoms with Crippen LogP contribution in [0.5, 0.6) is 0 Å². The van der Waals surface area contributed by atoms with Crippen LogP contribution in [0.1, 0.15) is 6.92 Å². The lowest BCUT2D eigenvalue weighted by Gasteiger charge is -2.33. The Morgan fingerprint density at radius 2 is 1.52 bits per heavy atom. The summed E-state index contributed by atoms with van der Waals surface area (Å²) in [4.78, 5) is 26.7. The number of hydrogen-bond donors (Lipinski definition) is 3. The van der Waals surface area contributed by atoms with Gasteiger partial charge in [0.25, 0.3) is 5.91 Å². The van der Waals surface area contributed by atoms with Crippen LogP contribution in [0.3, 0.4) is 0 Å². The van der Waals surface area contributed by atoms with Crippen molar-refractivity contribution in [2.24, 2.45) is 0 Å². The van der Waals surface area contributed by atoms with Crippen molar-refractivity contribution < 1.29 is 18.9 Å². The minimum absolute atomic E-state index is 0.0347. The van der Waals surface area contributed by atoms with Gasteiger partial charge in [-0.05, 0) is 48.5 Å². The zero-order valence-corrected chi connectivity index (χ0v) is 15.3. The van der Waals surface area contributed by atoms with Crippen LogP contribution in [0.4, 0.5) is 21.5 Å². The predicted octanol–water partition coefficient (Wildman–Crippen LogP) is 1.13. The summed E-state index contributed by atoms with van der Waals surface area (Å²) in [6, 6.07) is 13.6. The smallest absolute Gasteiger partial charge is 0.279 e. The molecule has 142 valence electrons. The first-order valence-corrected chi connectivity index (χ1v) is 9.01. The second-order valence-electron chi connectivity index (χ2n) is 6.70. The molecule has 1 aliphatic rings. The predicted molar refractivity (Wildman–Crippen MR) is 104 cm³/mol. The van der Waals surface area contributed by atoms with E-state index in [9.17, 15) is 14.0 Å². The third-order valence-corrected chi connectivity index (χ3v) is 4.56. The molecular weight excluding hydrogens is 347 g/mol. The molecule has 0 radical (unpaired) electrons. The normalized spacial score (nSPS) is 14.7. The van der Waals surface area contributed by atoms with Crippen molar-refractivity contribution in [3.8, 4) is 0 Å². The van der Waals surface area contributed by atoms with Gasteiger partial charge in [-0.2, -0.15) is 0 Å². The van der Waals surface area contributed by atoms with Gasteiger partial charge in [0, 0.05) is 24.0 Å². The van der Waals surface area contributed by atoms with Gasteiger partial charge in [0.15, 0.2) is 6.54 Å². The van der Waals surface area contributed by atoms with Gasteiger partial charge >= 0.3 is 0 Å². The molecule has 6 nitrogen and oxygen atoms in total. The monoisotopic (exact) mass is 371 g/mol. The third-order valence-electron chi connectivity index (χ3n) is 4.56. The quantitative estimate of drug-likeness (QED) is 0.738. The van der Waals surface area contributed by atoms with Crippen LogP contribution in [0.15, 0.2) is 48.5 Å². The van der Waals surface area contributed by atoms with Gasteiger partial charge in [-0.1, -0.05) is 0 Å². The van der Waals surface area contributed by atoms with E-state index in [4.69, 9.17) is 0 Å². The first-order chi connectivity index (χ1) is 13.0. The summed E-state index contributed by atoms with van der Waals surface area (Å²) in [5.74, 6) is -0.396. The fourth-order valence-electron chi connectivity index (χ4n) is 3.18. The summed E-state index contributed by atoms with van der Waals surface area (Å²) in [6.07, 6.45) is 0. The average molecular weight is 371 g/mol. The maximum atomic E-state index is 13.0. The van der Waals surface area contributed by atoms with Gasteiger partial charge in [-0.15, -0.1) is 0 Å². The van der Waals surface area contributed by atoms with Crippen LogP contribution < -0.4 is 20.4 Å². The summed E-state index contributed by atoms with van der Waals surface area (Å²) >= 11 is 0. The molecular formula is C20H24FN4O2+. The lowest BCUT2D eigenvalue weighted by molar-refractivity contribution is -0.892. The van der Waals surface area contributed by atoms with E-state index in [1.807, 2.05) is 0 Å². The summed E-state index contributed by atoms with van der Waals surface area (Å²) in [6.45, 7) is 5.23. The molecule has 1 heterocycles. The van der Waals surface area contributed by atoms with E-state index in [0.29, 0.717) is 17.9 Å². The highest BCUT2D eigenvalue weighted by molar-refractivity contribution is 5.92. The van der Waals surface area contributed by atoms with Gasteiger partial charge in [0.2, 0.25) is 5.91 Å². The molecule has 2 aromatic carbocycles. The molecule has 0 aliphatic carbocycles. The number of nitrogens with one attached hydrogen (secondary N) is 3. The summed E-state index contributed by atoms with van der Waals surface area (Å²) in [5, 5.41) is 5.58. The zero-order valence-electron chi connectivity index (χ0n) is 15.3. The minimum atomic E-state index is -0.232. The Bertz CT molecular complexity index is 785. The fraction of sp³-hybridized carbons (Fsp3) is 0.300.